The van der Waals surface area contributed by atoms with E-state index >= 15 is 0 Å². The summed E-state index contributed by atoms with van der Waals surface area (Å²) >= 11 is 0. The summed E-state index contributed by atoms with van der Waals surface area (Å²) in [6, 6.07) is 24.0. The van der Waals surface area contributed by atoms with E-state index in [-0.39, 0.29) is 56.1 Å². The van der Waals surface area contributed by atoms with E-state index in [9.17, 15) is 2.74 Å². The number of rotatable bonds is 6. The maximum absolute atomic E-state index is 9.23. The second-order valence-corrected chi connectivity index (χ2v) is 11.1. The SMILES string of the molecule is [2H]c1c([2H])c([2H])c(-c2nc(-c3ccccc3)nc(-c3c(-c4ccc(-c5ccccc5)cc4)cccc3-n3c4c([2H])c([2H])c([2H])c([2H])c4c4c([2H])c([2H])c([2H])c([2H])c43)n2)c([2H])c1[2H]. The molecule has 0 saturated carbocycles. The van der Waals surface area contributed by atoms with E-state index in [0.29, 0.717) is 16.7 Å². The summed E-state index contributed by atoms with van der Waals surface area (Å²) in [5.41, 5.74) is 3.32. The van der Waals surface area contributed by atoms with Crippen LogP contribution in [0.3, 0.4) is 0 Å². The van der Waals surface area contributed by atoms with Crippen LogP contribution < -0.4 is 0 Å². The lowest BCUT2D eigenvalue weighted by Gasteiger charge is -2.18. The van der Waals surface area contributed by atoms with E-state index < -0.39 is 78.6 Å². The molecule has 0 N–H and O–H groups in total. The molecule has 0 fully saturated rings. The van der Waals surface area contributed by atoms with Gasteiger partial charge in [0.25, 0.3) is 0 Å². The highest BCUT2D eigenvalue weighted by molar-refractivity contribution is 6.10. The van der Waals surface area contributed by atoms with Crippen LogP contribution in [0, 0.1) is 0 Å². The fraction of sp³-hybridized carbons (Fsp3) is 0. The summed E-state index contributed by atoms with van der Waals surface area (Å²) in [4.78, 5) is 14.5. The van der Waals surface area contributed by atoms with Crippen molar-refractivity contribution < 1.29 is 17.8 Å². The first-order chi connectivity index (χ1) is 29.7. The fourth-order valence-electron chi connectivity index (χ4n) is 6.01. The van der Waals surface area contributed by atoms with Crippen LogP contribution in [-0.2, 0) is 0 Å². The largest absolute Gasteiger partial charge is 0.308 e. The van der Waals surface area contributed by atoms with Crippen LogP contribution >= 0.6 is 0 Å². The van der Waals surface area contributed by atoms with Gasteiger partial charge in [0, 0.05) is 21.9 Å². The number of fused-ring (bicyclic) bond motifs is 3. The molecule has 4 heteroatoms. The van der Waals surface area contributed by atoms with Gasteiger partial charge in [-0.25, -0.2) is 15.0 Å². The standard InChI is InChI=1S/C45H30N4/c1-4-15-31(16-5-1)32-27-29-33(30-28-32)36-23-14-26-41(49-39-24-12-10-21-37(39)38-22-11-13-25-40(38)49)42(36)45-47-43(34-17-6-2-7-18-34)46-44(48-45)35-19-8-3-9-20-35/h1-30H/i2D,6D,7D,10D,11D,12D,13D,17D,18D,21D,22D,24D,25D. The molecular weight excluding hydrogens is 597 g/mol. The summed E-state index contributed by atoms with van der Waals surface area (Å²) in [7, 11) is 0. The zero-order chi connectivity index (χ0) is 43.9. The minimum absolute atomic E-state index is 0.0728. The monoisotopic (exact) mass is 639 g/mol. The first-order valence-electron chi connectivity index (χ1n) is 21.9. The molecule has 0 aliphatic heterocycles. The Hall–Kier alpha value is -6.65. The quantitative estimate of drug-likeness (QED) is 0.182. The summed E-state index contributed by atoms with van der Waals surface area (Å²) in [6.45, 7) is 0. The Balaban J connectivity index is 1.47. The van der Waals surface area contributed by atoms with Crippen molar-refractivity contribution in [3.8, 4) is 62.1 Å². The molecule has 0 radical (unpaired) electrons. The molecule has 2 heterocycles. The Morgan fingerprint density at radius 2 is 0.898 bits per heavy atom. The van der Waals surface area contributed by atoms with Crippen molar-refractivity contribution in [1.29, 1.82) is 0 Å². The number of hydrogen-bond acceptors (Lipinski definition) is 3. The van der Waals surface area contributed by atoms with Crippen LogP contribution in [0.4, 0.5) is 0 Å². The Labute approximate surface area is 302 Å². The second kappa shape index (κ2) is 12.2. The number of benzene rings is 7. The van der Waals surface area contributed by atoms with Gasteiger partial charge in [0.2, 0.25) is 0 Å². The molecule has 0 aliphatic carbocycles. The van der Waals surface area contributed by atoms with Crippen molar-refractivity contribution in [3.63, 3.8) is 0 Å². The van der Waals surface area contributed by atoms with E-state index in [1.54, 1.807) is 48.5 Å². The molecule has 0 bridgehead atoms. The summed E-state index contributed by atoms with van der Waals surface area (Å²) in [5, 5.41) is -0.246. The minimum atomic E-state index is -0.603. The van der Waals surface area contributed by atoms with Crippen LogP contribution in [0.25, 0.3) is 83.9 Å². The van der Waals surface area contributed by atoms with Gasteiger partial charge in [0.1, 0.15) is 0 Å². The zero-order valence-corrected chi connectivity index (χ0v) is 25.6. The Morgan fingerprint density at radius 1 is 0.388 bits per heavy atom. The lowest BCUT2D eigenvalue weighted by molar-refractivity contribution is 1.06. The third-order valence-corrected chi connectivity index (χ3v) is 8.23. The molecule has 0 unspecified atom stereocenters. The predicted molar refractivity (Wildman–Crippen MR) is 201 cm³/mol. The topological polar surface area (TPSA) is 43.6 Å². The zero-order valence-electron chi connectivity index (χ0n) is 38.6. The lowest BCUT2D eigenvalue weighted by atomic mass is 9.95. The van der Waals surface area contributed by atoms with E-state index in [0.717, 1.165) is 11.1 Å². The van der Waals surface area contributed by atoms with Gasteiger partial charge in [-0.15, -0.1) is 0 Å². The Bertz CT molecular complexity index is 3210. The maximum atomic E-state index is 9.23. The van der Waals surface area contributed by atoms with Crippen LogP contribution in [-0.4, -0.2) is 19.5 Å². The van der Waals surface area contributed by atoms with E-state index in [4.69, 9.17) is 25.0 Å². The summed E-state index contributed by atoms with van der Waals surface area (Å²) in [6.07, 6.45) is 0. The van der Waals surface area contributed by atoms with E-state index in [1.807, 2.05) is 54.6 Å². The van der Waals surface area contributed by atoms with Gasteiger partial charge in [-0.3, -0.25) is 0 Å². The van der Waals surface area contributed by atoms with Crippen LogP contribution in [0.1, 0.15) is 17.8 Å². The molecule has 0 aliphatic rings. The van der Waals surface area contributed by atoms with Crippen molar-refractivity contribution >= 4 is 21.8 Å². The normalized spacial score (nSPS) is 15.0. The highest BCUT2D eigenvalue weighted by Gasteiger charge is 2.22. The van der Waals surface area contributed by atoms with Crippen LogP contribution in [0.5, 0.6) is 0 Å². The third kappa shape index (κ3) is 5.16. The second-order valence-electron chi connectivity index (χ2n) is 11.1. The number of para-hydroxylation sites is 2. The van der Waals surface area contributed by atoms with Gasteiger partial charge < -0.3 is 4.57 Å². The average molecular weight is 640 g/mol. The molecule has 230 valence electrons. The predicted octanol–water partition coefficient (Wildman–Crippen LogP) is 11.3. The Morgan fingerprint density at radius 3 is 1.55 bits per heavy atom. The minimum Gasteiger partial charge on any atom is -0.308 e. The summed E-state index contributed by atoms with van der Waals surface area (Å²) < 4.78 is 115. The smallest absolute Gasteiger partial charge is 0.166 e. The van der Waals surface area contributed by atoms with Crippen LogP contribution in [0.15, 0.2) is 182 Å². The molecule has 0 amide bonds. The first kappa shape index (κ1) is 18.0. The maximum Gasteiger partial charge on any atom is 0.166 e. The fourth-order valence-corrected chi connectivity index (χ4v) is 6.01. The van der Waals surface area contributed by atoms with Gasteiger partial charge in [0.15, 0.2) is 17.5 Å². The molecule has 0 atom stereocenters. The van der Waals surface area contributed by atoms with E-state index in [1.165, 1.54) is 4.57 Å². The number of aromatic nitrogens is 4. The first-order valence-corrected chi connectivity index (χ1v) is 15.4. The number of hydrogen-bond donors (Lipinski definition) is 0. The van der Waals surface area contributed by atoms with Crippen molar-refractivity contribution in [1.82, 2.24) is 19.5 Å². The lowest BCUT2D eigenvalue weighted by Crippen LogP contribution is -2.05. The molecule has 7 aromatic carbocycles. The Kier molecular flexibility index (Phi) is 4.48. The van der Waals surface area contributed by atoms with Gasteiger partial charge in [-0.1, -0.05) is 164 Å². The van der Waals surface area contributed by atoms with Gasteiger partial charge in [0.05, 0.1) is 40.1 Å². The molecule has 0 spiro atoms. The molecule has 49 heavy (non-hydrogen) atoms. The van der Waals surface area contributed by atoms with Crippen molar-refractivity contribution in [3.05, 3.63) is 182 Å². The molecule has 9 rings (SSSR count). The molecule has 2 aromatic heterocycles. The van der Waals surface area contributed by atoms with Gasteiger partial charge >= 0.3 is 0 Å². The highest BCUT2D eigenvalue weighted by Crippen LogP contribution is 2.41. The van der Waals surface area contributed by atoms with Crippen molar-refractivity contribution in [2.75, 3.05) is 0 Å². The third-order valence-electron chi connectivity index (χ3n) is 8.23. The van der Waals surface area contributed by atoms with Crippen molar-refractivity contribution in [2.24, 2.45) is 0 Å². The number of nitrogens with zero attached hydrogens (tertiary/aromatic N) is 4. The van der Waals surface area contributed by atoms with Crippen molar-refractivity contribution in [2.45, 2.75) is 0 Å². The molecule has 9 aromatic rings. The van der Waals surface area contributed by atoms with Gasteiger partial charge in [-0.2, -0.15) is 0 Å². The highest BCUT2D eigenvalue weighted by atomic mass is 15.1. The molecule has 4 nitrogen and oxygen atoms in total. The molecular formula is C45H30N4. The summed E-state index contributed by atoms with van der Waals surface area (Å²) in [5.74, 6) is -0.254. The molecule has 0 saturated heterocycles. The van der Waals surface area contributed by atoms with E-state index in [2.05, 4.69) is 4.98 Å². The van der Waals surface area contributed by atoms with Crippen LogP contribution in [0.2, 0.25) is 0 Å². The van der Waals surface area contributed by atoms with Gasteiger partial charge in [-0.05, 0) is 40.4 Å². The average Bonchev–Trinajstić information content (AvgIpc) is 3.67.